The number of morpholine rings is 2. The third-order valence-electron chi connectivity index (χ3n) is 4.64. The molecule has 2 aliphatic rings. The fourth-order valence-electron chi connectivity index (χ4n) is 3.58. The number of quaternary nitrogens is 2. The number of hydrogen-bond donors (Lipinski definition) is 2. The number of methoxy groups -OCH3 is 1. The minimum Gasteiger partial charge on any atom is -0.494 e. The second-order valence-electron chi connectivity index (χ2n) is 5.98. The number of rotatable bonds is 4. The molecule has 1 aromatic rings. The van der Waals surface area contributed by atoms with Crippen molar-refractivity contribution in [1.29, 1.82) is 0 Å². The van der Waals surface area contributed by atoms with Crippen LogP contribution in [0.25, 0.3) is 0 Å². The number of halogens is 2. The van der Waals surface area contributed by atoms with E-state index in [1.165, 1.54) is 9.80 Å². The quantitative estimate of drug-likeness (QED) is 0.780. The molecule has 2 fully saturated rings. The van der Waals surface area contributed by atoms with Crippen LogP contribution in [0, 0.1) is 0 Å². The van der Waals surface area contributed by atoms with E-state index in [1.807, 2.05) is 6.07 Å². The fraction of sp³-hybridized carbons (Fsp3) is 0.625. The van der Waals surface area contributed by atoms with E-state index in [1.54, 1.807) is 13.2 Å². The van der Waals surface area contributed by atoms with Crippen molar-refractivity contribution in [3.8, 4) is 5.75 Å². The van der Waals surface area contributed by atoms with Crippen LogP contribution in [0.3, 0.4) is 0 Å². The van der Waals surface area contributed by atoms with Crippen molar-refractivity contribution >= 4 is 23.2 Å². The number of hydrogen-bond acceptors (Lipinski definition) is 3. The first-order valence-electron chi connectivity index (χ1n) is 8.08. The van der Waals surface area contributed by atoms with Gasteiger partial charge < -0.3 is 14.2 Å². The normalized spacial score (nSPS) is 20.9. The highest BCUT2D eigenvalue weighted by Crippen LogP contribution is 2.33. The van der Waals surface area contributed by atoms with E-state index in [0.29, 0.717) is 10.0 Å². The van der Waals surface area contributed by atoms with Gasteiger partial charge >= 0.3 is 0 Å². The van der Waals surface area contributed by atoms with Crippen molar-refractivity contribution in [3.63, 3.8) is 0 Å². The second-order valence-corrected chi connectivity index (χ2v) is 6.83. The molecule has 0 unspecified atom stereocenters. The molecular weight excluding hydrogens is 339 g/mol. The first-order chi connectivity index (χ1) is 11.2. The van der Waals surface area contributed by atoms with Gasteiger partial charge in [0.25, 0.3) is 0 Å². The van der Waals surface area contributed by atoms with Gasteiger partial charge in [-0.3, -0.25) is 9.80 Å². The van der Waals surface area contributed by atoms with E-state index in [-0.39, 0.29) is 6.17 Å². The molecule has 0 bridgehead atoms. The van der Waals surface area contributed by atoms with Gasteiger partial charge in [0.15, 0.2) is 5.75 Å². The summed E-state index contributed by atoms with van der Waals surface area (Å²) < 4.78 is 16.7. The Morgan fingerprint density at radius 2 is 1.48 bits per heavy atom. The highest BCUT2D eigenvalue weighted by atomic mass is 35.5. The maximum absolute atomic E-state index is 6.38. The van der Waals surface area contributed by atoms with E-state index in [2.05, 4.69) is 0 Å². The Kier molecular flexibility index (Phi) is 6.01. The van der Waals surface area contributed by atoms with Crippen molar-refractivity contribution in [2.24, 2.45) is 0 Å². The predicted molar refractivity (Wildman–Crippen MR) is 88.8 cm³/mol. The molecule has 0 spiro atoms. The third-order valence-corrected chi connectivity index (χ3v) is 5.14. The van der Waals surface area contributed by atoms with Crippen molar-refractivity contribution < 1.29 is 24.0 Å². The molecule has 3 rings (SSSR count). The Morgan fingerprint density at radius 3 is 1.96 bits per heavy atom. The highest BCUT2D eigenvalue weighted by Gasteiger charge is 2.38. The maximum atomic E-state index is 6.38. The van der Waals surface area contributed by atoms with Crippen LogP contribution in [0.5, 0.6) is 5.75 Å². The summed E-state index contributed by atoms with van der Waals surface area (Å²) in [5.74, 6) is 0.735. The van der Waals surface area contributed by atoms with E-state index in [0.717, 1.165) is 63.9 Å². The summed E-state index contributed by atoms with van der Waals surface area (Å²) >= 11 is 12.7. The van der Waals surface area contributed by atoms with E-state index < -0.39 is 0 Å². The highest BCUT2D eigenvalue weighted by molar-refractivity contribution is 6.35. The van der Waals surface area contributed by atoms with Gasteiger partial charge in [0.1, 0.15) is 31.7 Å². The van der Waals surface area contributed by atoms with Gasteiger partial charge in [-0.05, 0) is 12.1 Å². The number of ether oxygens (including phenoxy) is 3. The van der Waals surface area contributed by atoms with Gasteiger partial charge in [-0.25, -0.2) is 0 Å². The van der Waals surface area contributed by atoms with Crippen LogP contribution in [0.15, 0.2) is 12.1 Å². The first-order valence-corrected chi connectivity index (χ1v) is 8.84. The molecule has 0 atom stereocenters. The fourth-order valence-corrected chi connectivity index (χ4v) is 4.17. The van der Waals surface area contributed by atoms with Gasteiger partial charge in [0.05, 0.1) is 38.6 Å². The molecule has 0 saturated carbocycles. The summed E-state index contributed by atoms with van der Waals surface area (Å²) in [6.45, 7) is 7.03. The molecule has 1 aromatic carbocycles. The lowest BCUT2D eigenvalue weighted by atomic mass is 10.1. The Labute approximate surface area is 147 Å². The maximum Gasteiger partial charge on any atom is 0.244 e. The third kappa shape index (κ3) is 3.92. The zero-order chi connectivity index (χ0) is 16.2. The summed E-state index contributed by atoms with van der Waals surface area (Å²) in [5.41, 5.74) is 1.08. The minimum absolute atomic E-state index is 0.231. The summed E-state index contributed by atoms with van der Waals surface area (Å²) in [6.07, 6.45) is 0.231. The monoisotopic (exact) mass is 362 g/mol. The summed E-state index contributed by atoms with van der Waals surface area (Å²) in [7, 11) is 1.67. The van der Waals surface area contributed by atoms with Crippen LogP contribution in [-0.4, -0.2) is 59.7 Å². The Morgan fingerprint density at radius 1 is 0.957 bits per heavy atom. The predicted octanol–water partition coefficient (Wildman–Crippen LogP) is -0.169. The second kappa shape index (κ2) is 8.01. The van der Waals surface area contributed by atoms with Crippen LogP contribution in [0.4, 0.5) is 0 Å². The van der Waals surface area contributed by atoms with Gasteiger partial charge in [0.2, 0.25) is 6.17 Å². The lowest BCUT2D eigenvalue weighted by molar-refractivity contribution is -1.14. The molecule has 2 N–H and O–H groups in total. The molecule has 2 aliphatic heterocycles. The largest absolute Gasteiger partial charge is 0.494 e. The van der Waals surface area contributed by atoms with Crippen LogP contribution in [-0.2, 0) is 9.47 Å². The summed E-state index contributed by atoms with van der Waals surface area (Å²) in [6, 6.07) is 3.74. The molecule has 5 nitrogen and oxygen atoms in total. The molecule has 0 aliphatic carbocycles. The van der Waals surface area contributed by atoms with Gasteiger partial charge in [0, 0.05) is 5.02 Å². The molecule has 23 heavy (non-hydrogen) atoms. The molecule has 0 radical (unpaired) electrons. The molecular formula is C16H24Cl2N2O3+2. The zero-order valence-electron chi connectivity index (χ0n) is 13.4. The van der Waals surface area contributed by atoms with Gasteiger partial charge in [-0.15, -0.1) is 0 Å². The molecule has 7 heteroatoms. The van der Waals surface area contributed by atoms with Gasteiger partial charge in [-0.1, -0.05) is 23.2 Å². The van der Waals surface area contributed by atoms with Crippen LogP contribution in [0.1, 0.15) is 11.7 Å². The van der Waals surface area contributed by atoms with Crippen LogP contribution < -0.4 is 14.5 Å². The Hall–Kier alpha value is -0.560. The van der Waals surface area contributed by atoms with E-state index in [9.17, 15) is 0 Å². The average molecular weight is 363 g/mol. The van der Waals surface area contributed by atoms with E-state index >= 15 is 0 Å². The molecule has 0 amide bonds. The van der Waals surface area contributed by atoms with Crippen molar-refractivity contribution in [2.45, 2.75) is 6.17 Å². The van der Waals surface area contributed by atoms with Crippen molar-refractivity contribution in [1.82, 2.24) is 0 Å². The van der Waals surface area contributed by atoms with Crippen molar-refractivity contribution in [2.75, 3.05) is 59.7 Å². The van der Waals surface area contributed by atoms with Crippen molar-refractivity contribution in [3.05, 3.63) is 27.7 Å². The first kappa shape index (κ1) is 17.3. The number of nitrogens with one attached hydrogen (secondary N) is 2. The summed E-state index contributed by atoms with van der Waals surface area (Å²) in [5, 5.41) is 1.22. The lowest BCUT2D eigenvalue weighted by Crippen LogP contribution is -3.32. The number of benzene rings is 1. The van der Waals surface area contributed by atoms with Gasteiger partial charge in [-0.2, -0.15) is 0 Å². The zero-order valence-corrected chi connectivity index (χ0v) is 14.9. The van der Waals surface area contributed by atoms with Crippen LogP contribution in [0.2, 0.25) is 10.0 Å². The molecule has 2 heterocycles. The minimum atomic E-state index is 0.231. The average Bonchev–Trinajstić information content (AvgIpc) is 2.57. The summed E-state index contributed by atoms with van der Waals surface area (Å²) in [4.78, 5) is 2.98. The molecule has 0 aromatic heterocycles. The Balaban J connectivity index is 1.99. The standard InChI is InChI=1S/C16H22Cl2N2O3/c1-21-15-13(10-12(17)11-14(15)18)16(19-2-6-22-7-3-19)20-4-8-23-9-5-20/h10-11,16H,2-9H2,1H3/p+2. The Bertz CT molecular complexity index is 514. The van der Waals surface area contributed by atoms with E-state index in [4.69, 9.17) is 37.4 Å². The smallest absolute Gasteiger partial charge is 0.244 e. The molecule has 128 valence electrons. The lowest BCUT2D eigenvalue weighted by Gasteiger charge is -2.38. The topological polar surface area (TPSA) is 36.6 Å². The SMILES string of the molecule is COc1c(Cl)cc(Cl)cc1C([NH+]1CCOCC1)[NH+]1CCOCC1. The van der Waals surface area contributed by atoms with Crippen LogP contribution >= 0.6 is 23.2 Å². The molecule has 2 saturated heterocycles.